The van der Waals surface area contributed by atoms with Gasteiger partial charge in [0, 0.05) is 24.4 Å². The van der Waals surface area contributed by atoms with E-state index < -0.39 is 5.60 Å². The molecule has 1 aliphatic heterocycles. The Kier molecular flexibility index (Phi) is 6.74. The molecule has 7 heteroatoms. The van der Waals surface area contributed by atoms with E-state index in [2.05, 4.69) is 29.8 Å². The Labute approximate surface area is 172 Å². The minimum atomic E-state index is -0.548. The predicted octanol–water partition coefficient (Wildman–Crippen LogP) is 4.52. The molecule has 2 aromatic heterocycles. The molecule has 1 amide bonds. The van der Waals surface area contributed by atoms with Crippen LogP contribution in [0.5, 0.6) is 0 Å². The Balaban J connectivity index is 0.00000145. The summed E-state index contributed by atoms with van der Waals surface area (Å²) in [5.41, 5.74) is 3.50. The van der Waals surface area contributed by atoms with Gasteiger partial charge < -0.3 is 4.74 Å². The number of allylic oxidation sites excluding steroid dienone is 3. The minimum Gasteiger partial charge on any atom is -0.444 e. The van der Waals surface area contributed by atoms with Gasteiger partial charge in [-0.1, -0.05) is 18.7 Å². The van der Waals surface area contributed by atoms with Crippen molar-refractivity contribution in [3.63, 3.8) is 0 Å². The maximum Gasteiger partial charge on any atom is 0.410 e. The summed E-state index contributed by atoms with van der Waals surface area (Å²) in [4.78, 5) is 23.6. The largest absolute Gasteiger partial charge is 0.444 e. The molecule has 0 atom stereocenters. The van der Waals surface area contributed by atoms with Crippen LogP contribution in [-0.2, 0) is 24.9 Å². The molecule has 0 saturated carbocycles. The summed E-state index contributed by atoms with van der Waals surface area (Å²) >= 11 is 0. The fourth-order valence-corrected chi connectivity index (χ4v) is 2.93. The summed E-state index contributed by atoms with van der Waals surface area (Å²) in [5.74, 6) is 0.581. The first-order valence-electron chi connectivity index (χ1n) is 9.38. The average Bonchev–Trinajstić information content (AvgIpc) is 3.28. The van der Waals surface area contributed by atoms with Crippen molar-refractivity contribution in [3.05, 3.63) is 61.2 Å². The maximum absolute atomic E-state index is 12.5. The average molecular weight is 396 g/mol. The molecule has 0 spiro atoms. The number of hydrogen-bond donors (Lipinski definition) is 0. The molecule has 7 nitrogen and oxygen atoms in total. The lowest BCUT2D eigenvalue weighted by Gasteiger charge is -2.24. The molecule has 0 saturated heterocycles. The van der Waals surface area contributed by atoms with Crippen molar-refractivity contribution in [1.82, 2.24) is 24.6 Å². The van der Waals surface area contributed by atoms with Crippen LogP contribution in [0.3, 0.4) is 0 Å². The van der Waals surface area contributed by atoms with Crippen LogP contribution < -0.4 is 0 Å². The lowest BCUT2D eigenvalue weighted by molar-refractivity contribution is 0.0241. The molecule has 3 heterocycles. The number of amides is 1. The minimum absolute atomic E-state index is 0.357. The van der Waals surface area contributed by atoms with Gasteiger partial charge in [-0.25, -0.2) is 14.8 Å². The van der Waals surface area contributed by atoms with E-state index in [0.29, 0.717) is 18.9 Å². The Morgan fingerprint density at radius 3 is 2.45 bits per heavy atom. The lowest BCUT2D eigenvalue weighted by Crippen LogP contribution is -2.33. The molecule has 3 rings (SSSR count). The number of hydrogen-bond acceptors (Lipinski definition) is 5. The molecule has 0 aliphatic carbocycles. The summed E-state index contributed by atoms with van der Waals surface area (Å²) < 4.78 is 7.24. The second-order valence-corrected chi connectivity index (χ2v) is 7.48. The van der Waals surface area contributed by atoms with Gasteiger partial charge in [-0.05, 0) is 33.8 Å². The molecular formula is C22H29N5O2. The van der Waals surface area contributed by atoms with Gasteiger partial charge >= 0.3 is 6.09 Å². The Morgan fingerprint density at radius 1 is 1.24 bits per heavy atom. The quantitative estimate of drug-likeness (QED) is 0.564. The van der Waals surface area contributed by atoms with E-state index in [1.807, 2.05) is 53.1 Å². The van der Waals surface area contributed by atoms with Gasteiger partial charge in [0.25, 0.3) is 0 Å². The SMILES string of the molecule is C=C.C=C/C(=C\C)c1nc2c(c(-c3ccn(C)n3)n1)CN(C(=O)OC(C)(C)C)C2. The first-order valence-corrected chi connectivity index (χ1v) is 9.38. The summed E-state index contributed by atoms with van der Waals surface area (Å²) in [5, 5.41) is 4.49. The van der Waals surface area contributed by atoms with Gasteiger partial charge in [-0.15, -0.1) is 13.2 Å². The van der Waals surface area contributed by atoms with Crippen molar-refractivity contribution >= 4 is 11.7 Å². The van der Waals surface area contributed by atoms with Crippen molar-refractivity contribution in [2.75, 3.05) is 0 Å². The molecular weight excluding hydrogens is 366 g/mol. The number of aromatic nitrogens is 4. The zero-order valence-electron chi connectivity index (χ0n) is 17.9. The third kappa shape index (κ3) is 4.99. The predicted molar refractivity (Wildman–Crippen MR) is 115 cm³/mol. The fourth-order valence-electron chi connectivity index (χ4n) is 2.93. The summed E-state index contributed by atoms with van der Waals surface area (Å²) in [7, 11) is 1.86. The van der Waals surface area contributed by atoms with E-state index in [-0.39, 0.29) is 6.09 Å². The van der Waals surface area contributed by atoms with Crippen molar-refractivity contribution in [2.24, 2.45) is 7.05 Å². The van der Waals surface area contributed by atoms with Crippen molar-refractivity contribution < 1.29 is 9.53 Å². The van der Waals surface area contributed by atoms with Crippen LogP contribution in [0.15, 0.2) is 44.2 Å². The second kappa shape index (κ2) is 8.86. The molecule has 0 radical (unpaired) electrons. The number of fused-ring (bicyclic) bond motifs is 1. The van der Waals surface area contributed by atoms with Gasteiger partial charge in [-0.3, -0.25) is 9.58 Å². The standard InChI is InChI=1S/C20H25N5O2.C2H4/c1-7-13(8-2)18-21-16-12-25(19(26)27-20(3,4)5)11-14(16)17(22-18)15-9-10-24(6)23-15;1-2/h7-10H,1,11-12H2,2-6H3;1-2H2/b13-8+;. The normalized spacial score (nSPS) is 13.4. The van der Waals surface area contributed by atoms with Crippen LogP contribution in [0.25, 0.3) is 17.0 Å². The summed E-state index contributed by atoms with van der Waals surface area (Å²) in [6, 6.07) is 1.91. The molecule has 154 valence electrons. The fraction of sp³-hybridized carbons (Fsp3) is 0.364. The van der Waals surface area contributed by atoms with Crippen LogP contribution in [0, 0.1) is 0 Å². The van der Waals surface area contributed by atoms with Gasteiger partial charge in [0.15, 0.2) is 5.82 Å². The first-order chi connectivity index (χ1) is 13.7. The van der Waals surface area contributed by atoms with Gasteiger partial charge in [0.2, 0.25) is 0 Å². The van der Waals surface area contributed by atoms with Crippen LogP contribution in [0.2, 0.25) is 0 Å². The highest BCUT2D eigenvalue weighted by Gasteiger charge is 2.32. The van der Waals surface area contributed by atoms with Gasteiger partial charge in [0.1, 0.15) is 11.3 Å². The van der Waals surface area contributed by atoms with Gasteiger partial charge in [0.05, 0.1) is 24.5 Å². The molecule has 0 fully saturated rings. The van der Waals surface area contributed by atoms with Crippen LogP contribution >= 0.6 is 0 Å². The highest BCUT2D eigenvalue weighted by Crippen LogP contribution is 2.32. The number of rotatable bonds is 3. The Morgan fingerprint density at radius 2 is 1.93 bits per heavy atom. The highest BCUT2D eigenvalue weighted by molar-refractivity contribution is 5.74. The molecule has 0 bridgehead atoms. The monoisotopic (exact) mass is 395 g/mol. The third-order valence-electron chi connectivity index (χ3n) is 4.18. The molecule has 0 N–H and O–H groups in total. The van der Waals surface area contributed by atoms with Crippen molar-refractivity contribution in [3.8, 4) is 11.4 Å². The second-order valence-electron chi connectivity index (χ2n) is 7.48. The Bertz CT molecular complexity index is 937. The van der Waals surface area contributed by atoms with Crippen LogP contribution in [0.1, 0.15) is 44.8 Å². The van der Waals surface area contributed by atoms with Crippen LogP contribution in [-0.4, -0.2) is 36.3 Å². The van der Waals surface area contributed by atoms with E-state index in [1.54, 1.807) is 15.7 Å². The molecule has 2 aromatic rings. The number of aryl methyl sites for hydroxylation is 1. The lowest BCUT2D eigenvalue weighted by atomic mass is 10.1. The van der Waals surface area contributed by atoms with Crippen LogP contribution in [0.4, 0.5) is 4.79 Å². The topological polar surface area (TPSA) is 73.1 Å². The number of carbonyl (C=O) groups is 1. The molecule has 0 unspecified atom stereocenters. The molecule has 1 aliphatic rings. The number of carbonyl (C=O) groups excluding carboxylic acids is 1. The van der Waals surface area contributed by atoms with E-state index >= 15 is 0 Å². The van der Waals surface area contributed by atoms with Gasteiger partial charge in [-0.2, -0.15) is 5.10 Å². The van der Waals surface area contributed by atoms with Crippen molar-refractivity contribution in [1.29, 1.82) is 0 Å². The smallest absolute Gasteiger partial charge is 0.410 e. The van der Waals surface area contributed by atoms with E-state index in [9.17, 15) is 4.79 Å². The van der Waals surface area contributed by atoms with E-state index in [1.165, 1.54) is 0 Å². The first kappa shape index (κ1) is 22.1. The number of ether oxygens (including phenoxy) is 1. The molecule has 0 aromatic carbocycles. The van der Waals surface area contributed by atoms with Crippen molar-refractivity contribution in [2.45, 2.75) is 46.4 Å². The summed E-state index contributed by atoms with van der Waals surface area (Å²) in [6.45, 7) is 18.1. The molecule has 29 heavy (non-hydrogen) atoms. The Hall–Kier alpha value is -3.22. The summed E-state index contributed by atoms with van der Waals surface area (Å²) in [6.07, 6.45) is 5.15. The van der Waals surface area contributed by atoms with E-state index in [4.69, 9.17) is 9.72 Å². The highest BCUT2D eigenvalue weighted by atomic mass is 16.6. The number of nitrogens with zero attached hydrogens (tertiary/aromatic N) is 5. The van der Waals surface area contributed by atoms with E-state index in [0.717, 1.165) is 28.2 Å². The zero-order chi connectivity index (χ0) is 21.8. The zero-order valence-corrected chi connectivity index (χ0v) is 17.9. The maximum atomic E-state index is 12.5. The third-order valence-corrected chi connectivity index (χ3v) is 4.18.